The largest absolute Gasteiger partial charge is 0.459 e. The van der Waals surface area contributed by atoms with E-state index >= 15 is 0 Å². The van der Waals surface area contributed by atoms with Gasteiger partial charge in [0.1, 0.15) is 12.4 Å². The third-order valence-corrected chi connectivity index (χ3v) is 6.70. The van der Waals surface area contributed by atoms with E-state index in [2.05, 4.69) is 29.2 Å². The van der Waals surface area contributed by atoms with Crippen LogP contribution in [0.5, 0.6) is 0 Å². The SMILES string of the molecule is Cc1ccc(COC(=O)C2(C)N=C(c3ccccc3)N(Cc3ccccc3)C2c2ccccc2)cc1. The zero-order valence-corrected chi connectivity index (χ0v) is 20.7. The lowest BCUT2D eigenvalue weighted by Crippen LogP contribution is -2.44. The molecular formula is C32H30N2O2. The van der Waals surface area contributed by atoms with Gasteiger partial charge in [-0.1, -0.05) is 121 Å². The summed E-state index contributed by atoms with van der Waals surface area (Å²) in [6.07, 6.45) is 0. The molecule has 1 aliphatic rings. The van der Waals surface area contributed by atoms with Crippen molar-refractivity contribution in [2.45, 2.75) is 38.6 Å². The summed E-state index contributed by atoms with van der Waals surface area (Å²) in [5.74, 6) is 0.462. The molecule has 4 aromatic rings. The van der Waals surface area contributed by atoms with Crippen LogP contribution in [0, 0.1) is 6.92 Å². The number of rotatable bonds is 7. The highest BCUT2D eigenvalue weighted by Crippen LogP contribution is 2.43. The number of carbonyl (C=O) groups excluding carboxylic acids is 1. The molecule has 4 heteroatoms. The summed E-state index contributed by atoms with van der Waals surface area (Å²) in [4.78, 5) is 21.2. The predicted octanol–water partition coefficient (Wildman–Crippen LogP) is 6.50. The van der Waals surface area contributed by atoms with Crippen molar-refractivity contribution in [1.82, 2.24) is 4.90 Å². The molecule has 0 radical (unpaired) electrons. The Kier molecular flexibility index (Phi) is 6.68. The van der Waals surface area contributed by atoms with E-state index in [4.69, 9.17) is 9.73 Å². The molecule has 0 saturated carbocycles. The predicted molar refractivity (Wildman–Crippen MR) is 144 cm³/mol. The molecule has 36 heavy (non-hydrogen) atoms. The van der Waals surface area contributed by atoms with Gasteiger partial charge in [0.2, 0.25) is 0 Å². The first-order valence-electron chi connectivity index (χ1n) is 12.3. The first kappa shape index (κ1) is 23.6. The molecule has 1 aliphatic heterocycles. The zero-order valence-electron chi connectivity index (χ0n) is 20.7. The fourth-order valence-corrected chi connectivity index (χ4v) is 4.81. The quantitative estimate of drug-likeness (QED) is 0.287. The molecule has 0 amide bonds. The van der Waals surface area contributed by atoms with E-state index in [1.54, 1.807) is 0 Å². The molecule has 180 valence electrons. The van der Waals surface area contributed by atoms with E-state index in [1.807, 2.05) is 105 Å². The Morgan fingerprint density at radius 3 is 2.03 bits per heavy atom. The summed E-state index contributed by atoms with van der Waals surface area (Å²) < 4.78 is 5.92. The van der Waals surface area contributed by atoms with E-state index in [0.717, 1.165) is 28.1 Å². The van der Waals surface area contributed by atoms with Crippen LogP contribution in [-0.4, -0.2) is 22.2 Å². The van der Waals surface area contributed by atoms with Crippen LogP contribution < -0.4 is 0 Å². The molecule has 0 spiro atoms. The van der Waals surface area contributed by atoms with Crippen molar-refractivity contribution in [1.29, 1.82) is 0 Å². The average Bonchev–Trinajstić information content (AvgIpc) is 3.22. The zero-order chi connectivity index (χ0) is 25.0. The van der Waals surface area contributed by atoms with Crippen LogP contribution in [0.15, 0.2) is 120 Å². The number of carbonyl (C=O) groups is 1. The van der Waals surface area contributed by atoms with Gasteiger partial charge in [-0.15, -0.1) is 0 Å². The smallest absolute Gasteiger partial charge is 0.336 e. The van der Waals surface area contributed by atoms with Crippen LogP contribution in [-0.2, 0) is 22.7 Å². The van der Waals surface area contributed by atoms with E-state index in [0.29, 0.717) is 6.54 Å². The summed E-state index contributed by atoms with van der Waals surface area (Å²) in [6.45, 7) is 4.77. The van der Waals surface area contributed by atoms with Gasteiger partial charge in [0.05, 0.1) is 6.04 Å². The number of aryl methyl sites for hydroxylation is 1. The summed E-state index contributed by atoms with van der Waals surface area (Å²) in [6, 6.07) is 38.3. The van der Waals surface area contributed by atoms with Gasteiger partial charge in [-0.25, -0.2) is 9.79 Å². The van der Waals surface area contributed by atoms with Crippen molar-refractivity contribution in [2.24, 2.45) is 4.99 Å². The number of hydrogen-bond acceptors (Lipinski definition) is 4. The molecule has 0 N–H and O–H groups in total. The summed E-state index contributed by atoms with van der Waals surface area (Å²) in [7, 11) is 0. The average molecular weight is 475 g/mol. The lowest BCUT2D eigenvalue weighted by molar-refractivity contribution is -0.152. The lowest BCUT2D eigenvalue weighted by Gasteiger charge is -2.35. The number of nitrogens with zero attached hydrogens (tertiary/aromatic N) is 2. The number of ether oxygens (including phenoxy) is 1. The fraction of sp³-hybridized carbons (Fsp3) is 0.188. The monoisotopic (exact) mass is 474 g/mol. The third-order valence-electron chi connectivity index (χ3n) is 6.70. The van der Waals surface area contributed by atoms with E-state index in [9.17, 15) is 4.79 Å². The van der Waals surface area contributed by atoms with Crippen LogP contribution in [0.1, 0.15) is 40.8 Å². The van der Waals surface area contributed by atoms with Gasteiger partial charge in [0.25, 0.3) is 0 Å². The summed E-state index contributed by atoms with van der Waals surface area (Å²) in [5.41, 5.74) is 4.17. The number of hydrogen-bond donors (Lipinski definition) is 0. The minimum absolute atomic E-state index is 0.213. The van der Waals surface area contributed by atoms with E-state index in [-0.39, 0.29) is 18.6 Å². The molecule has 0 fully saturated rings. The third kappa shape index (κ3) is 4.80. The van der Waals surface area contributed by atoms with Gasteiger partial charge in [-0.3, -0.25) is 0 Å². The van der Waals surface area contributed by atoms with Crippen LogP contribution in [0.3, 0.4) is 0 Å². The van der Waals surface area contributed by atoms with Crippen LogP contribution in [0.4, 0.5) is 0 Å². The van der Waals surface area contributed by atoms with Gasteiger partial charge in [0, 0.05) is 12.1 Å². The van der Waals surface area contributed by atoms with Gasteiger partial charge in [0.15, 0.2) is 5.54 Å². The van der Waals surface area contributed by atoms with Gasteiger partial charge in [-0.05, 0) is 30.5 Å². The highest BCUT2D eigenvalue weighted by molar-refractivity contribution is 6.04. The van der Waals surface area contributed by atoms with Crippen LogP contribution in [0.2, 0.25) is 0 Å². The van der Waals surface area contributed by atoms with Crippen molar-refractivity contribution in [3.63, 3.8) is 0 Å². The van der Waals surface area contributed by atoms with Crippen molar-refractivity contribution in [3.8, 4) is 0 Å². The molecule has 0 aliphatic carbocycles. The molecule has 5 rings (SSSR count). The maximum atomic E-state index is 13.8. The molecule has 4 aromatic carbocycles. The first-order valence-corrected chi connectivity index (χ1v) is 12.3. The topological polar surface area (TPSA) is 41.9 Å². The fourth-order valence-electron chi connectivity index (χ4n) is 4.81. The van der Waals surface area contributed by atoms with Crippen molar-refractivity contribution in [3.05, 3.63) is 143 Å². The van der Waals surface area contributed by atoms with Gasteiger partial charge < -0.3 is 9.64 Å². The van der Waals surface area contributed by atoms with Crippen molar-refractivity contribution >= 4 is 11.8 Å². The second kappa shape index (κ2) is 10.2. The Morgan fingerprint density at radius 1 is 0.806 bits per heavy atom. The standard InChI is InChI=1S/C32H30N2O2/c1-24-18-20-26(21-19-24)23-36-31(35)32(2)29(27-14-8-4-9-15-27)34(22-25-12-6-3-7-13-25)30(33-32)28-16-10-5-11-17-28/h3-21,29H,22-23H2,1-2H3. The highest BCUT2D eigenvalue weighted by Gasteiger charge is 2.52. The second-order valence-electron chi connectivity index (χ2n) is 9.44. The molecule has 1 heterocycles. The Bertz CT molecular complexity index is 1340. The van der Waals surface area contributed by atoms with Crippen LogP contribution in [0.25, 0.3) is 0 Å². The molecular weight excluding hydrogens is 444 g/mol. The van der Waals surface area contributed by atoms with Gasteiger partial charge >= 0.3 is 5.97 Å². The number of benzene rings is 4. The van der Waals surface area contributed by atoms with Crippen LogP contribution >= 0.6 is 0 Å². The number of esters is 1. The molecule has 0 aromatic heterocycles. The second-order valence-corrected chi connectivity index (χ2v) is 9.44. The van der Waals surface area contributed by atoms with Crippen molar-refractivity contribution < 1.29 is 9.53 Å². The Balaban J connectivity index is 1.55. The van der Waals surface area contributed by atoms with E-state index < -0.39 is 5.54 Å². The summed E-state index contributed by atoms with van der Waals surface area (Å²) >= 11 is 0. The Hall–Kier alpha value is -4.18. The molecule has 2 unspecified atom stereocenters. The Labute approximate surface area is 212 Å². The molecule has 0 bridgehead atoms. The van der Waals surface area contributed by atoms with Gasteiger partial charge in [-0.2, -0.15) is 0 Å². The maximum Gasteiger partial charge on any atom is 0.336 e. The number of amidine groups is 1. The summed E-state index contributed by atoms with van der Waals surface area (Å²) in [5, 5.41) is 0. The Morgan fingerprint density at radius 2 is 1.39 bits per heavy atom. The highest BCUT2D eigenvalue weighted by atomic mass is 16.5. The molecule has 2 atom stereocenters. The minimum atomic E-state index is -1.12. The maximum absolute atomic E-state index is 13.8. The molecule has 0 saturated heterocycles. The normalized spacial score (nSPS) is 19.1. The minimum Gasteiger partial charge on any atom is -0.459 e. The first-order chi connectivity index (χ1) is 17.5. The number of aliphatic imine (C=N–C) groups is 1. The molecule has 4 nitrogen and oxygen atoms in total. The van der Waals surface area contributed by atoms with Crippen molar-refractivity contribution in [2.75, 3.05) is 0 Å². The lowest BCUT2D eigenvalue weighted by atomic mass is 9.87. The van der Waals surface area contributed by atoms with E-state index in [1.165, 1.54) is 5.56 Å².